The van der Waals surface area contributed by atoms with Crippen LogP contribution in [0.3, 0.4) is 0 Å². The lowest BCUT2D eigenvalue weighted by Crippen LogP contribution is -2.42. The number of hydrogen-bond acceptors (Lipinski definition) is 4. The molecule has 0 fully saturated rings. The average Bonchev–Trinajstić information content (AvgIpc) is 3.29. The van der Waals surface area contributed by atoms with Crippen LogP contribution in [-0.2, 0) is 9.51 Å². The van der Waals surface area contributed by atoms with Crippen molar-refractivity contribution in [1.29, 1.82) is 0 Å². The average molecular weight is 486 g/mol. The molecule has 2 aromatic carbocycles. The highest BCUT2D eigenvalue weighted by Gasteiger charge is 2.44. The minimum Gasteiger partial charge on any atom is -0.324 e. The largest absolute Gasteiger partial charge is 0.524 e. The van der Waals surface area contributed by atoms with Gasteiger partial charge >= 0.3 is 7.12 Å². The first-order valence-corrected chi connectivity index (χ1v) is 13.4. The summed E-state index contributed by atoms with van der Waals surface area (Å²) in [5.41, 5.74) is 9.94. The molecule has 2 unspecified atom stereocenters. The minimum absolute atomic E-state index is 0.287. The van der Waals surface area contributed by atoms with Gasteiger partial charge in [0.15, 0.2) is 0 Å². The summed E-state index contributed by atoms with van der Waals surface area (Å²) >= 11 is 0. The van der Waals surface area contributed by atoms with Crippen molar-refractivity contribution < 1.29 is 9.51 Å². The predicted molar refractivity (Wildman–Crippen MR) is 150 cm³/mol. The van der Waals surface area contributed by atoms with Gasteiger partial charge in [-0.1, -0.05) is 84.5 Å². The van der Waals surface area contributed by atoms with Crippen molar-refractivity contribution in [3.8, 4) is 0 Å². The van der Waals surface area contributed by atoms with E-state index in [9.17, 15) is 0 Å². The van der Waals surface area contributed by atoms with Gasteiger partial charge in [0.2, 0.25) is 0 Å². The molecule has 37 heavy (non-hydrogen) atoms. The highest BCUT2D eigenvalue weighted by atomic mass is 16.7. The third kappa shape index (κ3) is 3.46. The van der Waals surface area contributed by atoms with E-state index in [1.54, 1.807) is 0 Å². The predicted octanol–water partition coefficient (Wildman–Crippen LogP) is 2.87. The Labute approximate surface area is 217 Å². The Kier molecular flexibility index (Phi) is 5.75. The fourth-order valence-electron chi connectivity index (χ4n) is 7.47. The Morgan fingerprint density at radius 3 is 1.89 bits per heavy atom. The maximum Gasteiger partial charge on any atom is 0.524 e. The minimum atomic E-state index is -0.739. The zero-order valence-corrected chi connectivity index (χ0v) is 21.0. The van der Waals surface area contributed by atoms with Crippen LogP contribution in [0.2, 0.25) is 0 Å². The standard InChI is InChI=1S/C32H31BN2O2/c34-36-33(37-35)27-19-18-26-30-24(27)16-9-17-25(30)31-28(20-10-3-1-4-11-20)22-14-7-8-15-23(22)29(32(26)31)21-12-5-2-6-13-21/h1-3,5,7-10,12,14-17,31-32H,4,6,11,13,18-19,34-35H2. The van der Waals surface area contributed by atoms with Crippen molar-refractivity contribution in [2.75, 3.05) is 0 Å². The lowest BCUT2D eigenvalue weighted by molar-refractivity contribution is 0.215. The first kappa shape index (κ1) is 22.9. The van der Waals surface area contributed by atoms with E-state index in [1.807, 2.05) is 0 Å². The van der Waals surface area contributed by atoms with Crippen molar-refractivity contribution in [3.63, 3.8) is 0 Å². The van der Waals surface area contributed by atoms with Crippen molar-refractivity contribution in [1.82, 2.24) is 0 Å². The van der Waals surface area contributed by atoms with E-state index in [1.165, 1.54) is 54.3 Å². The van der Waals surface area contributed by atoms with Crippen LogP contribution in [0.4, 0.5) is 0 Å². The molecule has 0 saturated heterocycles. The Bertz CT molecular complexity index is 1670. The lowest BCUT2D eigenvalue weighted by Gasteiger charge is -2.35. The summed E-state index contributed by atoms with van der Waals surface area (Å²) in [7, 11) is -0.739. The maximum atomic E-state index is 5.60. The van der Waals surface area contributed by atoms with Crippen LogP contribution in [0.25, 0.3) is 22.2 Å². The zero-order valence-electron chi connectivity index (χ0n) is 21.0. The van der Waals surface area contributed by atoms with Crippen molar-refractivity contribution in [2.24, 2.45) is 17.7 Å². The van der Waals surface area contributed by atoms with Crippen LogP contribution in [0.1, 0.15) is 50.0 Å². The fourth-order valence-corrected chi connectivity index (χ4v) is 7.47. The molecule has 7 rings (SSSR count). The van der Waals surface area contributed by atoms with E-state index in [0.29, 0.717) is 5.92 Å². The number of benzene rings is 2. The number of hydrogen-bond donors (Lipinski definition) is 2. The van der Waals surface area contributed by atoms with Gasteiger partial charge < -0.3 is 9.51 Å². The molecule has 5 heteroatoms. The van der Waals surface area contributed by atoms with Gasteiger partial charge in [0.05, 0.1) is 0 Å². The van der Waals surface area contributed by atoms with Crippen LogP contribution in [0, 0.1) is 5.92 Å². The lowest BCUT2D eigenvalue weighted by atomic mass is 9.66. The summed E-state index contributed by atoms with van der Waals surface area (Å²) in [6.07, 6.45) is 19.9. The van der Waals surface area contributed by atoms with Gasteiger partial charge in [-0.2, -0.15) is 0 Å². The monoisotopic (exact) mass is 486 g/mol. The Balaban J connectivity index is 1.62. The maximum absolute atomic E-state index is 5.60. The molecule has 0 heterocycles. The van der Waals surface area contributed by atoms with E-state index < -0.39 is 7.12 Å². The molecule has 0 bridgehead atoms. The summed E-state index contributed by atoms with van der Waals surface area (Å²) in [6, 6.07) is 15.8. The quantitative estimate of drug-likeness (QED) is 0.504. The van der Waals surface area contributed by atoms with E-state index in [-0.39, 0.29) is 5.92 Å². The molecular weight excluding hydrogens is 455 g/mol. The fraction of sp³-hybridized carbons (Fsp3) is 0.250. The molecule has 0 saturated carbocycles. The summed E-state index contributed by atoms with van der Waals surface area (Å²) in [4.78, 5) is 0. The van der Waals surface area contributed by atoms with Gasteiger partial charge in [0, 0.05) is 11.8 Å². The van der Waals surface area contributed by atoms with Crippen LogP contribution < -0.4 is 32.7 Å². The summed E-state index contributed by atoms with van der Waals surface area (Å²) in [5.74, 6) is 11.8. The molecule has 4 nitrogen and oxygen atoms in total. The first-order valence-electron chi connectivity index (χ1n) is 13.4. The highest BCUT2D eigenvalue weighted by molar-refractivity contribution is 6.65. The second-order valence-electron chi connectivity index (χ2n) is 10.6. The van der Waals surface area contributed by atoms with Crippen LogP contribution in [0.5, 0.6) is 0 Å². The Hall–Kier alpha value is -3.22. The molecule has 5 aliphatic rings. The van der Waals surface area contributed by atoms with Gasteiger partial charge in [0.1, 0.15) is 0 Å². The van der Waals surface area contributed by atoms with Crippen LogP contribution in [0.15, 0.2) is 90.1 Å². The number of allylic oxidation sites excluding steroid dienone is 8. The normalized spacial score (nSPS) is 23.4. The van der Waals surface area contributed by atoms with Crippen LogP contribution >= 0.6 is 0 Å². The number of fused-ring (bicyclic) bond motifs is 4. The molecule has 0 aromatic heterocycles. The molecular formula is C32H31BN2O2. The Morgan fingerprint density at radius 2 is 1.30 bits per heavy atom. The van der Waals surface area contributed by atoms with Gasteiger partial charge in [-0.05, 0) is 92.7 Å². The highest BCUT2D eigenvalue weighted by Crippen LogP contribution is 2.52. The van der Waals surface area contributed by atoms with Gasteiger partial charge in [-0.3, -0.25) is 0 Å². The van der Waals surface area contributed by atoms with Crippen molar-refractivity contribution in [2.45, 2.75) is 44.4 Å². The molecule has 0 spiro atoms. The van der Waals surface area contributed by atoms with Gasteiger partial charge in [0.25, 0.3) is 0 Å². The first-order chi connectivity index (χ1) is 18.3. The number of rotatable bonds is 5. The summed E-state index contributed by atoms with van der Waals surface area (Å²) in [6.45, 7) is 0. The van der Waals surface area contributed by atoms with E-state index in [2.05, 4.69) is 78.9 Å². The molecule has 0 amide bonds. The third-order valence-electron chi connectivity index (χ3n) is 8.85. The molecule has 2 aromatic rings. The Morgan fingerprint density at radius 1 is 0.676 bits per heavy atom. The van der Waals surface area contributed by atoms with Crippen molar-refractivity contribution >= 4 is 29.3 Å². The molecule has 5 aliphatic carbocycles. The molecule has 184 valence electrons. The van der Waals surface area contributed by atoms with Crippen LogP contribution in [-0.4, -0.2) is 7.12 Å². The molecule has 0 aliphatic heterocycles. The van der Waals surface area contributed by atoms with Gasteiger partial charge in [-0.25, -0.2) is 11.8 Å². The smallest absolute Gasteiger partial charge is 0.324 e. The second-order valence-corrected chi connectivity index (χ2v) is 10.6. The number of nitrogens with two attached hydrogens (primary N) is 2. The van der Waals surface area contributed by atoms with E-state index >= 15 is 0 Å². The topological polar surface area (TPSA) is 70.5 Å². The zero-order chi connectivity index (χ0) is 24.9. The third-order valence-corrected chi connectivity index (χ3v) is 8.85. The molecule has 2 atom stereocenters. The van der Waals surface area contributed by atoms with E-state index in [4.69, 9.17) is 21.3 Å². The van der Waals surface area contributed by atoms with Gasteiger partial charge in [-0.15, -0.1) is 0 Å². The molecule has 0 radical (unpaired) electrons. The SMILES string of the molecule is NOB(ON)C1=c2cccc3c2=C(CC1)C1C(C2=CC=CCC2)=c2ccccc2=C(C2=CC=CCC2)C31. The second kappa shape index (κ2) is 9.27. The molecule has 4 N–H and O–H groups in total. The summed E-state index contributed by atoms with van der Waals surface area (Å²) < 4.78 is 10.3. The van der Waals surface area contributed by atoms with Crippen molar-refractivity contribution in [3.05, 3.63) is 117 Å². The summed E-state index contributed by atoms with van der Waals surface area (Å²) in [5, 5.41) is 5.33. The van der Waals surface area contributed by atoms with E-state index in [0.717, 1.165) is 44.0 Å².